The van der Waals surface area contributed by atoms with E-state index in [2.05, 4.69) is 22.1 Å². The van der Waals surface area contributed by atoms with Crippen molar-refractivity contribution in [3.8, 4) is 11.5 Å². The summed E-state index contributed by atoms with van der Waals surface area (Å²) in [7, 11) is 3.31. The van der Waals surface area contributed by atoms with Crippen molar-refractivity contribution in [2.45, 2.75) is 39.2 Å². The Morgan fingerprint density at radius 3 is 2.77 bits per heavy atom. The number of aryl methyl sites for hydroxylation is 2. The molecule has 1 N–H and O–H groups in total. The summed E-state index contributed by atoms with van der Waals surface area (Å²) in [6, 6.07) is 6.32. The van der Waals surface area contributed by atoms with Crippen LogP contribution < -0.4 is 19.7 Å². The third-order valence-electron chi connectivity index (χ3n) is 4.82. The van der Waals surface area contributed by atoms with E-state index in [1.165, 1.54) is 5.56 Å². The summed E-state index contributed by atoms with van der Waals surface area (Å²) in [6.07, 6.45) is 5.18. The number of anilines is 2. The van der Waals surface area contributed by atoms with Crippen LogP contribution >= 0.6 is 0 Å². The van der Waals surface area contributed by atoms with E-state index < -0.39 is 0 Å². The second-order valence-electron chi connectivity index (χ2n) is 6.62. The quantitative estimate of drug-likeness (QED) is 0.855. The van der Waals surface area contributed by atoms with E-state index in [9.17, 15) is 0 Å². The number of hydrogen-bond donors (Lipinski definition) is 1. The minimum atomic E-state index is 0.363. The van der Waals surface area contributed by atoms with Gasteiger partial charge in [0, 0.05) is 42.6 Å². The summed E-state index contributed by atoms with van der Waals surface area (Å²) >= 11 is 0. The van der Waals surface area contributed by atoms with Crippen LogP contribution in [0.3, 0.4) is 0 Å². The lowest BCUT2D eigenvalue weighted by molar-refractivity contribution is 0.355. The van der Waals surface area contributed by atoms with Crippen LogP contribution in [0, 0.1) is 6.92 Å². The molecule has 140 valence electrons. The molecule has 6 nitrogen and oxygen atoms in total. The van der Waals surface area contributed by atoms with E-state index in [1.807, 2.05) is 31.3 Å². The molecular weight excluding hydrogens is 328 g/mol. The zero-order chi connectivity index (χ0) is 18.5. The van der Waals surface area contributed by atoms with Gasteiger partial charge in [-0.2, -0.15) is 0 Å². The molecule has 0 bridgehead atoms. The van der Waals surface area contributed by atoms with Gasteiger partial charge in [-0.3, -0.25) is 0 Å². The van der Waals surface area contributed by atoms with Crippen molar-refractivity contribution in [3.63, 3.8) is 0 Å². The fourth-order valence-electron chi connectivity index (χ4n) is 3.46. The van der Waals surface area contributed by atoms with Crippen LogP contribution in [-0.4, -0.2) is 43.3 Å². The zero-order valence-corrected chi connectivity index (χ0v) is 16.1. The average Bonchev–Trinajstić information content (AvgIpc) is 2.68. The van der Waals surface area contributed by atoms with Crippen LogP contribution in [0.1, 0.15) is 31.2 Å². The molecule has 0 aliphatic carbocycles. The Morgan fingerprint density at radius 1 is 1.23 bits per heavy atom. The fourth-order valence-corrected chi connectivity index (χ4v) is 3.46. The number of aromatic nitrogens is 2. The van der Waals surface area contributed by atoms with E-state index >= 15 is 0 Å². The SMILES string of the molecule is CCc1cnc(C)nc1N1CCC[C@@H](Nc2ccc(OC)c(OC)c2)C1. The van der Waals surface area contributed by atoms with Crippen LogP contribution in [0.25, 0.3) is 0 Å². The molecule has 0 radical (unpaired) electrons. The summed E-state index contributed by atoms with van der Waals surface area (Å²) in [4.78, 5) is 11.4. The molecule has 0 spiro atoms. The summed E-state index contributed by atoms with van der Waals surface area (Å²) in [5, 5.41) is 3.64. The van der Waals surface area contributed by atoms with E-state index in [0.717, 1.165) is 61.2 Å². The second kappa shape index (κ2) is 8.25. The van der Waals surface area contributed by atoms with Gasteiger partial charge in [0.25, 0.3) is 0 Å². The number of nitrogens with one attached hydrogen (secondary N) is 1. The molecule has 3 rings (SSSR count). The molecule has 0 saturated carbocycles. The molecular formula is C20H28N4O2. The van der Waals surface area contributed by atoms with E-state index in [-0.39, 0.29) is 0 Å². The van der Waals surface area contributed by atoms with E-state index in [1.54, 1.807) is 14.2 Å². The normalized spacial score (nSPS) is 17.1. The highest BCUT2D eigenvalue weighted by atomic mass is 16.5. The number of piperidine rings is 1. The molecule has 0 amide bonds. The van der Waals surface area contributed by atoms with Crippen molar-refractivity contribution in [1.29, 1.82) is 0 Å². The van der Waals surface area contributed by atoms with E-state index in [4.69, 9.17) is 14.5 Å². The predicted octanol–water partition coefficient (Wildman–Crippen LogP) is 3.45. The summed E-state index contributed by atoms with van der Waals surface area (Å²) in [5.74, 6) is 3.39. The highest BCUT2D eigenvalue weighted by molar-refractivity contribution is 5.56. The molecule has 1 aromatic heterocycles. The first-order chi connectivity index (χ1) is 12.6. The lowest BCUT2D eigenvalue weighted by Crippen LogP contribution is -2.43. The standard InChI is InChI=1S/C20H28N4O2/c1-5-15-12-21-14(2)22-20(15)24-10-6-7-17(13-24)23-16-8-9-18(25-3)19(11-16)26-4/h8-9,11-12,17,23H,5-7,10,13H2,1-4H3/t17-/m1/s1. The van der Waals surface area contributed by atoms with Crippen LogP contribution in [-0.2, 0) is 6.42 Å². The lowest BCUT2D eigenvalue weighted by Gasteiger charge is -2.35. The van der Waals surface area contributed by atoms with Crippen LogP contribution in [0.4, 0.5) is 11.5 Å². The summed E-state index contributed by atoms with van der Waals surface area (Å²) in [5.41, 5.74) is 2.26. The smallest absolute Gasteiger partial charge is 0.162 e. The lowest BCUT2D eigenvalue weighted by atomic mass is 10.0. The van der Waals surface area contributed by atoms with Gasteiger partial charge in [-0.15, -0.1) is 0 Å². The Bertz CT molecular complexity index is 751. The molecule has 0 unspecified atom stereocenters. The minimum Gasteiger partial charge on any atom is -0.493 e. The maximum Gasteiger partial charge on any atom is 0.162 e. The third kappa shape index (κ3) is 4.00. The third-order valence-corrected chi connectivity index (χ3v) is 4.82. The summed E-state index contributed by atoms with van der Waals surface area (Å²) < 4.78 is 10.7. The molecule has 26 heavy (non-hydrogen) atoms. The fraction of sp³-hybridized carbons (Fsp3) is 0.500. The first kappa shape index (κ1) is 18.3. The molecule has 1 atom stereocenters. The molecule has 1 fully saturated rings. The van der Waals surface area contributed by atoms with Crippen molar-refractivity contribution < 1.29 is 9.47 Å². The maximum absolute atomic E-state index is 5.41. The van der Waals surface area contributed by atoms with Gasteiger partial charge in [0.05, 0.1) is 14.2 Å². The largest absolute Gasteiger partial charge is 0.493 e. The highest BCUT2D eigenvalue weighted by Gasteiger charge is 2.23. The number of benzene rings is 1. The van der Waals surface area contributed by atoms with Gasteiger partial charge >= 0.3 is 0 Å². The second-order valence-corrected chi connectivity index (χ2v) is 6.62. The molecule has 1 aromatic carbocycles. The molecule has 2 heterocycles. The van der Waals surface area contributed by atoms with Gasteiger partial charge in [0.1, 0.15) is 11.6 Å². The van der Waals surface area contributed by atoms with Gasteiger partial charge < -0.3 is 19.7 Å². The molecule has 1 aliphatic rings. The number of nitrogens with zero attached hydrogens (tertiary/aromatic N) is 3. The van der Waals surface area contributed by atoms with Gasteiger partial charge in [-0.25, -0.2) is 9.97 Å². The first-order valence-electron chi connectivity index (χ1n) is 9.20. The average molecular weight is 356 g/mol. The molecule has 1 saturated heterocycles. The van der Waals surface area contributed by atoms with Gasteiger partial charge in [0.15, 0.2) is 11.5 Å². The number of methoxy groups -OCH3 is 2. The van der Waals surface area contributed by atoms with Gasteiger partial charge in [-0.05, 0) is 38.3 Å². The summed E-state index contributed by atoms with van der Waals surface area (Å²) in [6.45, 7) is 6.07. The number of hydrogen-bond acceptors (Lipinski definition) is 6. The van der Waals surface area contributed by atoms with Crippen molar-refractivity contribution >= 4 is 11.5 Å². The van der Waals surface area contributed by atoms with Gasteiger partial charge in [0.2, 0.25) is 0 Å². The van der Waals surface area contributed by atoms with E-state index in [0.29, 0.717) is 6.04 Å². The first-order valence-corrected chi connectivity index (χ1v) is 9.20. The Hall–Kier alpha value is -2.50. The molecule has 2 aromatic rings. The zero-order valence-electron chi connectivity index (χ0n) is 16.1. The van der Waals surface area contributed by atoms with Crippen LogP contribution in [0.15, 0.2) is 24.4 Å². The van der Waals surface area contributed by atoms with Crippen molar-refractivity contribution in [1.82, 2.24) is 9.97 Å². The van der Waals surface area contributed by atoms with Crippen molar-refractivity contribution in [2.24, 2.45) is 0 Å². The Labute approximate surface area is 155 Å². The topological polar surface area (TPSA) is 59.5 Å². The Kier molecular flexibility index (Phi) is 5.81. The monoisotopic (exact) mass is 356 g/mol. The maximum atomic E-state index is 5.41. The minimum absolute atomic E-state index is 0.363. The molecule has 6 heteroatoms. The van der Waals surface area contributed by atoms with Gasteiger partial charge in [-0.1, -0.05) is 6.92 Å². The van der Waals surface area contributed by atoms with Crippen LogP contribution in [0.2, 0.25) is 0 Å². The number of rotatable bonds is 6. The Morgan fingerprint density at radius 2 is 2.04 bits per heavy atom. The Balaban J connectivity index is 1.74. The van der Waals surface area contributed by atoms with Crippen molar-refractivity contribution in [3.05, 3.63) is 35.8 Å². The predicted molar refractivity (Wildman–Crippen MR) is 105 cm³/mol. The highest BCUT2D eigenvalue weighted by Crippen LogP contribution is 2.31. The molecule has 1 aliphatic heterocycles. The van der Waals surface area contributed by atoms with Crippen LogP contribution in [0.5, 0.6) is 11.5 Å². The van der Waals surface area contributed by atoms with Crippen molar-refractivity contribution in [2.75, 3.05) is 37.5 Å². The number of ether oxygens (including phenoxy) is 2.